The summed E-state index contributed by atoms with van der Waals surface area (Å²) in [4.78, 5) is 13.7. The Labute approximate surface area is 232 Å². The fraction of sp³-hybridized carbons (Fsp3) is 0.160. The lowest BCUT2D eigenvalue weighted by molar-refractivity contribution is -0.137. The van der Waals surface area contributed by atoms with E-state index in [-0.39, 0.29) is 35.1 Å². The van der Waals surface area contributed by atoms with Crippen molar-refractivity contribution in [1.82, 2.24) is 24.6 Å². The number of carboxylic acid groups (broad SMARTS) is 1. The molecule has 2 aromatic heterocycles. The number of carbonyl (C=O) groups is 1. The van der Waals surface area contributed by atoms with Gasteiger partial charge in [-0.05, 0) is 24.3 Å². The molecule has 0 saturated carbocycles. The molecule has 2 aromatic carbocycles. The van der Waals surface area contributed by atoms with Crippen LogP contribution >= 0.6 is 0 Å². The Morgan fingerprint density at radius 2 is 1.67 bits per heavy atom. The lowest BCUT2D eigenvalue weighted by Gasteiger charge is -2.10. The van der Waals surface area contributed by atoms with Crippen molar-refractivity contribution in [2.75, 3.05) is 13.1 Å². The Morgan fingerprint density at radius 3 is 2.29 bits per heavy atom. The van der Waals surface area contributed by atoms with Gasteiger partial charge in [0.05, 0.1) is 28.6 Å². The number of sulfonamides is 1. The van der Waals surface area contributed by atoms with E-state index < -0.39 is 68.6 Å². The second kappa shape index (κ2) is 11.7. The minimum absolute atomic E-state index is 0.0676. The molecule has 4 aromatic rings. The molecule has 0 radical (unpaired) electrons. The van der Waals surface area contributed by atoms with Gasteiger partial charge in [-0.3, -0.25) is 0 Å². The largest absolute Gasteiger partial charge is 0.465 e. The van der Waals surface area contributed by atoms with E-state index >= 15 is 0 Å². The molecule has 0 aliphatic carbocycles. The third-order valence-electron chi connectivity index (χ3n) is 5.57. The summed E-state index contributed by atoms with van der Waals surface area (Å²) in [7, 11) is -4.57. The van der Waals surface area contributed by atoms with Gasteiger partial charge in [0.15, 0.2) is 5.65 Å². The molecule has 220 valence electrons. The molecule has 17 heteroatoms. The summed E-state index contributed by atoms with van der Waals surface area (Å²) >= 11 is 0. The Morgan fingerprint density at radius 1 is 1.00 bits per heavy atom. The van der Waals surface area contributed by atoms with Gasteiger partial charge in [0.2, 0.25) is 10.0 Å². The maximum atomic E-state index is 14.5. The van der Waals surface area contributed by atoms with Crippen LogP contribution in [0.1, 0.15) is 28.8 Å². The lowest BCUT2D eigenvalue weighted by Crippen LogP contribution is -2.34. The van der Waals surface area contributed by atoms with E-state index in [0.717, 1.165) is 41.0 Å². The Kier molecular flexibility index (Phi) is 8.40. The van der Waals surface area contributed by atoms with Crippen molar-refractivity contribution in [3.63, 3.8) is 0 Å². The third-order valence-corrected chi connectivity index (χ3v) is 7.04. The average molecular weight is 615 g/mol. The highest BCUT2D eigenvalue weighted by Gasteiger charge is 2.30. The Balaban J connectivity index is 1.73. The number of alkyl halides is 5. The monoisotopic (exact) mass is 615 g/mol. The van der Waals surface area contributed by atoms with Gasteiger partial charge in [-0.15, -0.1) is 0 Å². The van der Waals surface area contributed by atoms with Gasteiger partial charge >= 0.3 is 12.3 Å². The molecule has 0 fully saturated rings. The van der Waals surface area contributed by atoms with Gasteiger partial charge in [0.25, 0.3) is 6.43 Å². The van der Waals surface area contributed by atoms with Crippen molar-refractivity contribution in [1.29, 1.82) is 0 Å². The van der Waals surface area contributed by atoms with Crippen molar-refractivity contribution in [2.45, 2.75) is 17.5 Å². The predicted octanol–water partition coefficient (Wildman–Crippen LogP) is 4.58. The van der Waals surface area contributed by atoms with Crippen molar-refractivity contribution in [2.24, 2.45) is 0 Å². The summed E-state index contributed by atoms with van der Waals surface area (Å²) in [5.74, 6) is 1.98. The van der Waals surface area contributed by atoms with Gasteiger partial charge in [-0.25, -0.2) is 45.0 Å². The second-order valence-electron chi connectivity index (χ2n) is 8.38. The van der Waals surface area contributed by atoms with E-state index in [0.29, 0.717) is 6.07 Å². The van der Waals surface area contributed by atoms with Gasteiger partial charge < -0.3 is 10.4 Å². The quantitative estimate of drug-likeness (QED) is 0.159. The maximum Gasteiger partial charge on any atom is 0.416 e. The Hall–Kier alpha value is -4.69. The summed E-state index contributed by atoms with van der Waals surface area (Å²) in [5.41, 5.74) is -2.72. The fourth-order valence-electron chi connectivity index (χ4n) is 3.61. The first-order chi connectivity index (χ1) is 19.7. The molecule has 0 spiro atoms. The number of fused-ring (bicyclic) bond motifs is 1. The van der Waals surface area contributed by atoms with Crippen LogP contribution in [0.15, 0.2) is 53.6 Å². The Bertz CT molecular complexity index is 1830. The van der Waals surface area contributed by atoms with Gasteiger partial charge in [0.1, 0.15) is 22.2 Å². The molecule has 2 heterocycles. The molecular formula is C25H16F7N5O4S. The number of halogens is 7. The zero-order chi connectivity index (χ0) is 30.8. The zero-order valence-electron chi connectivity index (χ0n) is 20.7. The molecule has 0 atom stereocenters. The van der Waals surface area contributed by atoms with Crippen LogP contribution in [0.5, 0.6) is 0 Å². The maximum absolute atomic E-state index is 14.5. The van der Waals surface area contributed by atoms with E-state index in [1.165, 1.54) is 0 Å². The zero-order valence-corrected chi connectivity index (χ0v) is 21.5. The van der Waals surface area contributed by atoms with Crippen LogP contribution in [0.25, 0.3) is 16.9 Å². The van der Waals surface area contributed by atoms with Crippen molar-refractivity contribution < 1.29 is 49.1 Å². The fourth-order valence-corrected chi connectivity index (χ4v) is 4.72. The second-order valence-corrected chi connectivity index (χ2v) is 10.1. The molecule has 0 saturated heterocycles. The highest BCUT2D eigenvalue weighted by molar-refractivity contribution is 7.89. The minimum atomic E-state index is -4.62. The molecule has 1 amide bonds. The minimum Gasteiger partial charge on any atom is -0.465 e. The molecule has 9 nitrogen and oxygen atoms in total. The van der Waals surface area contributed by atoms with Crippen LogP contribution in [0.2, 0.25) is 0 Å². The predicted molar refractivity (Wildman–Crippen MR) is 132 cm³/mol. The van der Waals surface area contributed by atoms with E-state index in [1.807, 2.05) is 10.0 Å². The molecule has 0 aliphatic heterocycles. The molecule has 0 unspecified atom stereocenters. The van der Waals surface area contributed by atoms with Crippen molar-refractivity contribution in [3.8, 4) is 23.1 Å². The van der Waals surface area contributed by atoms with Crippen LogP contribution in [-0.4, -0.2) is 47.3 Å². The van der Waals surface area contributed by atoms with Gasteiger partial charge in [0, 0.05) is 24.7 Å². The average Bonchev–Trinajstić information content (AvgIpc) is 3.32. The summed E-state index contributed by atoms with van der Waals surface area (Å²) < 4.78 is 123. The SMILES string of the molecule is O=C(O)NCCNS(=O)(=O)c1cc(C#Cc2cnn3c(C(F)F)cc(-c4ccc(C(F)(F)F)cc4)nc23)c(F)cc1F. The topological polar surface area (TPSA) is 126 Å². The van der Waals surface area contributed by atoms with Crippen LogP contribution in [0.3, 0.4) is 0 Å². The normalized spacial score (nSPS) is 11.9. The molecule has 0 bridgehead atoms. The first-order valence-electron chi connectivity index (χ1n) is 11.5. The van der Waals surface area contributed by atoms with E-state index in [2.05, 4.69) is 21.9 Å². The third kappa shape index (κ3) is 6.61. The summed E-state index contributed by atoms with van der Waals surface area (Å²) in [5, 5.41) is 14.2. The smallest absolute Gasteiger partial charge is 0.416 e. The number of hydrogen-bond donors (Lipinski definition) is 3. The molecule has 4 rings (SSSR count). The number of nitrogens with one attached hydrogen (secondary N) is 2. The summed E-state index contributed by atoms with van der Waals surface area (Å²) in [6.45, 7) is -0.797. The van der Waals surface area contributed by atoms with Crippen molar-refractivity contribution in [3.05, 3.63) is 82.7 Å². The van der Waals surface area contributed by atoms with E-state index in [9.17, 15) is 43.9 Å². The van der Waals surface area contributed by atoms with Crippen molar-refractivity contribution >= 4 is 21.8 Å². The summed E-state index contributed by atoms with van der Waals surface area (Å²) in [6.07, 6.45) is -8.13. The molecular weight excluding hydrogens is 599 g/mol. The first kappa shape index (κ1) is 30.3. The lowest BCUT2D eigenvalue weighted by atomic mass is 10.1. The number of rotatable bonds is 7. The number of aromatic nitrogens is 3. The molecule has 42 heavy (non-hydrogen) atoms. The molecule has 3 N–H and O–H groups in total. The van der Waals surface area contributed by atoms with Crippen LogP contribution in [0.4, 0.5) is 35.5 Å². The number of amides is 1. The van der Waals surface area contributed by atoms with Crippen LogP contribution in [0, 0.1) is 23.5 Å². The number of nitrogens with zero attached hydrogens (tertiary/aromatic N) is 3. The van der Waals surface area contributed by atoms with E-state index in [4.69, 9.17) is 5.11 Å². The first-order valence-corrected chi connectivity index (χ1v) is 13.0. The van der Waals surface area contributed by atoms with Crippen LogP contribution < -0.4 is 10.0 Å². The number of hydrogen-bond acceptors (Lipinski definition) is 5. The van der Waals surface area contributed by atoms with Crippen LogP contribution in [-0.2, 0) is 16.2 Å². The standard InChI is InChI=1S/C25H16F7N5O4S/c26-17-10-18(27)21(42(40,41)35-8-7-33-24(38)39)9-14(17)1-2-15-12-34-37-20(22(28)29)11-19(36-23(15)37)13-3-5-16(6-4-13)25(30,31)32/h3-6,9-12,22,33,35H,7-8H2,(H,38,39). The summed E-state index contributed by atoms with van der Waals surface area (Å²) in [6, 6.07) is 5.37. The van der Waals surface area contributed by atoms with E-state index in [1.54, 1.807) is 0 Å². The highest BCUT2D eigenvalue weighted by Crippen LogP contribution is 2.32. The number of benzene rings is 2. The van der Waals surface area contributed by atoms with Gasteiger partial charge in [-0.2, -0.15) is 18.3 Å². The molecule has 0 aliphatic rings. The highest BCUT2D eigenvalue weighted by atomic mass is 32.2. The van der Waals surface area contributed by atoms with Gasteiger partial charge in [-0.1, -0.05) is 24.0 Å².